The Hall–Kier alpha value is -3.32. The summed E-state index contributed by atoms with van der Waals surface area (Å²) in [5.41, 5.74) is 0.988. The number of hydrogen-bond donors (Lipinski definition) is 1. The zero-order valence-corrected chi connectivity index (χ0v) is 16.5. The Balaban J connectivity index is 1.42. The van der Waals surface area contributed by atoms with Gasteiger partial charge in [0.1, 0.15) is 11.5 Å². The molecule has 0 aliphatic carbocycles. The molecule has 2 aliphatic rings. The number of aryl methyl sites for hydroxylation is 1. The van der Waals surface area contributed by atoms with E-state index in [4.69, 9.17) is 26.6 Å². The number of para-hydroxylation sites is 1. The number of hydroxylamine groups is 2. The second-order valence-electron chi connectivity index (χ2n) is 6.58. The van der Waals surface area contributed by atoms with Crippen LogP contribution < -0.4 is 4.74 Å². The lowest BCUT2D eigenvalue weighted by Crippen LogP contribution is -2.38. The minimum atomic E-state index is -0.453. The molecule has 0 saturated heterocycles. The Morgan fingerprint density at radius 2 is 2.10 bits per heavy atom. The number of halogens is 1. The zero-order chi connectivity index (χ0) is 20.4. The molecule has 2 aliphatic heterocycles. The standard InChI is InChI=1S/C21H19ClN4O3/c1-14-12-19-24-21(27)16(20(23)26(19)29-14)13-15-6-4-9-25(15)10-5-11-28-18-8-3-2-7-17(18)22/h2-4,6-9,12-13,23H,5,10-11H2,1H3/b16-13+,23-20?. The van der Waals surface area contributed by atoms with Crippen LogP contribution in [0.4, 0.5) is 0 Å². The van der Waals surface area contributed by atoms with Crippen LogP contribution in [0.1, 0.15) is 19.0 Å². The second-order valence-corrected chi connectivity index (χ2v) is 6.99. The molecule has 0 bridgehead atoms. The predicted molar refractivity (Wildman–Crippen MR) is 111 cm³/mol. The fraction of sp³-hybridized carbons (Fsp3) is 0.190. The van der Waals surface area contributed by atoms with E-state index in [1.54, 1.807) is 25.1 Å². The molecule has 0 fully saturated rings. The molecule has 29 heavy (non-hydrogen) atoms. The van der Waals surface area contributed by atoms with Gasteiger partial charge >= 0.3 is 0 Å². The van der Waals surface area contributed by atoms with Crippen molar-refractivity contribution in [3.05, 3.63) is 70.7 Å². The van der Waals surface area contributed by atoms with E-state index >= 15 is 0 Å². The summed E-state index contributed by atoms with van der Waals surface area (Å²) in [5.74, 6) is 1.10. The van der Waals surface area contributed by atoms with Crippen LogP contribution in [0, 0.1) is 5.41 Å². The summed E-state index contributed by atoms with van der Waals surface area (Å²) in [6.07, 6.45) is 5.97. The third-order valence-corrected chi connectivity index (χ3v) is 4.79. The molecule has 4 rings (SSSR count). The first-order valence-electron chi connectivity index (χ1n) is 9.15. The van der Waals surface area contributed by atoms with Gasteiger partial charge in [0.05, 0.1) is 17.2 Å². The highest BCUT2D eigenvalue weighted by atomic mass is 35.5. The van der Waals surface area contributed by atoms with Gasteiger partial charge in [-0.3, -0.25) is 10.2 Å². The molecule has 2 aromatic rings. The number of hydrogen-bond acceptors (Lipinski definition) is 4. The van der Waals surface area contributed by atoms with Gasteiger partial charge in [-0.2, -0.15) is 4.99 Å². The van der Waals surface area contributed by atoms with Crippen molar-refractivity contribution in [3.8, 4) is 5.75 Å². The molecular weight excluding hydrogens is 392 g/mol. The monoisotopic (exact) mass is 410 g/mol. The van der Waals surface area contributed by atoms with E-state index in [0.717, 1.165) is 12.1 Å². The van der Waals surface area contributed by atoms with Gasteiger partial charge in [0.25, 0.3) is 5.91 Å². The third kappa shape index (κ3) is 3.95. The van der Waals surface area contributed by atoms with Gasteiger partial charge in [0.15, 0.2) is 11.7 Å². The van der Waals surface area contributed by atoms with Crippen molar-refractivity contribution >= 4 is 35.3 Å². The van der Waals surface area contributed by atoms with Crippen molar-refractivity contribution in [1.29, 1.82) is 5.41 Å². The molecule has 0 atom stereocenters. The number of amidine groups is 2. The summed E-state index contributed by atoms with van der Waals surface area (Å²) in [7, 11) is 0. The van der Waals surface area contributed by atoms with Gasteiger partial charge in [0.2, 0.25) is 0 Å². The van der Waals surface area contributed by atoms with Gasteiger partial charge in [-0.1, -0.05) is 23.7 Å². The maximum Gasteiger partial charge on any atom is 0.283 e. The number of carbonyl (C=O) groups excluding carboxylic acids is 1. The maximum absolute atomic E-state index is 12.4. The number of amides is 1. The number of ether oxygens (including phenoxy) is 1. The molecule has 3 heterocycles. The van der Waals surface area contributed by atoms with Gasteiger partial charge in [-0.05, 0) is 43.7 Å². The van der Waals surface area contributed by atoms with Crippen LogP contribution in [0.5, 0.6) is 5.75 Å². The van der Waals surface area contributed by atoms with Crippen molar-refractivity contribution in [1.82, 2.24) is 9.63 Å². The predicted octanol–water partition coefficient (Wildman–Crippen LogP) is 4.06. The molecule has 0 spiro atoms. The molecule has 148 valence electrons. The van der Waals surface area contributed by atoms with Gasteiger partial charge in [0, 0.05) is 24.5 Å². The summed E-state index contributed by atoms with van der Waals surface area (Å²) >= 11 is 6.09. The average molecular weight is 411 g/mol. The van der Waals surface area contributed by atoms with Gasteiger partial charge in [-0.15, -0.1) is 5.06 Å². The fourth-order valence-electron chi connectivity index (χ4n) is 3.09. The number of nitrogens with zero attached hydrogens (tertiary/aromatic N) is 3. The first-order valence-corrected chi connectivity index (χ1v) is 9.53. The smallest absolute Gasteiger partial charge is 0.283 e. The highest BCUT2D eigenvalue weighted by Gasteiger charge is 2.34. The number of allylic oxidation sites excluding steroid dienone is 1. The molecule has 1 aromatic heterocycles. The number of nitrogens with one attached hydrogen (secondary N) is 1. The van der Waals surface area contributed by atoms with Crippen molar-refractivity contribution in [2.45, 2.75) is 19.9 Å². The van der Waals surface area contributed by atoms with E-state index < -0.39 is 5.91 Å². The Bertz CT molecular complexity index is 1070. The number of carbonyl (C=O) groups is 1. The van der Waals surface area contributed by atoms with E-state index in [1.165, 1.54) is 5.06 Å². The van der Waals surface area contributed by atoms with E-state index in [9.17, 15) is 4.79 Å². The average Bonchev–Trinajstić information content (AvgIpc) is 3.29. The van der Waals surface area contributed by atoms with Crippen LogP contribution in [0.15, 0.2) is 65.0 Å². The number of fused-ring (bicyclic) bond motifs is 1. The molecule has 1 N–H and O–H groups in total. The SMILES string of the molecule is CC1=CC2=NC(=O)/C(=C/c3cccn3CCCOc3ccccc3Cl)C(=N)N2O1. The normalized spacial score (nSPS) is 17.2. The van der Waals surface area contributed by atoms with Crippen molar-refractivity contribution < 1.29 is 14.4 Å². The van der Waals surface area contributed by atoms with E-state index in [0.29, 0.717) is 35.5 Å². The van der Waals surface area contributed by atoms with Gasteiger partial charge < -0.3 is 14.1 Å². The molecule has 1 amide bonds. The third-order valence-electron chi connectivity index (χ3n) is 4.47. The molecule has 1 aromatic carbocycles. The van der Waals surface area contributed by atoms with Crippen molar-refractivity contribution in [3.63, 3.8) is 0 Å². The molecule has 0 saturated carbocycles. The van der Waals surface area contributed by atoms with Crippen LogP contribution >= 0.6 is 11.6 Å². The minimum absolute atomic E-state index is 0.0251. The van der Waals surface area contributed by atoms with Crippen LogP contribution in [-0.4, -0.2) is 33.8 Å². The first kappa shape index (κ1) is 19.0. The zero-order valence-electron chi connectivity index (χ0n) is 15.8. The molecule has 0 radical (unpaired) electrons. The van der Waals surface area contributed by atoms with Crippen molar-refractivity contribution in [2.24, 2.45) is 4.99 Å². The van der Waals surface area contributed by atoms with Crippen LogP contribution in [0.2, 0.25) is 5.02 Å². The Labute approximate surface area is 173 Å². The highest BCUT2D eigenvalue weighted by molar-refractivity contribution is 6.32. The minimum Gasteiger partial charge on any atom is -0.492 e. The lowest BCUT2D eigenvalue weighted by Gasteiger charge is -2.23. The lowest BCUT2D eigenvalue weighted by atomic mass is 10.1. The highest BCUT2D eigenvalue weighted by Crippen LogP contribution is 2.24. The molecule has 0 unspecified atom stereocenters. The number of rotatable bonds is 6. The number of benzene rings is 1. The largest absolute Gasteiger partial charge is 0.492 e. The summed E-state index contributed by atoms with van der Waals surface area (Å²) in [6, 6.07) is 11.1. The lowest BCUT2D eigenvalue weighted by molar-refractivity contribution is -0.114. The van der Waals surface area contributed by atoms with Crippen LogP contribution in [0.3, 0.4) is 0 Å². The van der Waals surface area contributed by atoms with Crippen LogP contribution in [-0.2, 0) is 16.2 Å². The van der Waals surface area contributed by atoms with Gasteiger partial charge in [-0.25, -0.2) is 0 Å². The molecule has 7 nitrogen and oxygen atoms in total. The van der Waals surface area contributed by atoms with E-state index in [1.807, 2.05) is 41.1 Å². The van der Waals surface area contributed by atoms with E-state index in [-0.39, 0.29) is 11.4 Å². The molecular formula is C21H19ClN4O3. The number of aliphatic imine (C=N–C) groups is 1. The topological polar surface area (TPSA) is 79.9 Å². The summed E-state index contributed by atoms with van der Waals surface area (Å²) in [5, 5.41) is 10.1. The Kier molecular flexibility index (Phi) is 5.22. The molecule has 8 heteroatoms. The second kappa shape index (κ2) is 7.97. The van der Waals surface area contributed by atoms with Crippen molar-refractivity contribution in [2.75, 3.05) is 6.61 Å². The summed E-state index contributed by atoms with van der Waals surface area (Å²) in [4.78, 5) is 21.8. The number of aromatic nitrogens is 1. The Morgan fingerprint density at radius 3 is 2.93 bits per heavy atom. The maximum atomic E-state index is 12.4. The first-order chi connectivity index (χ1) is 14.0. The van der Waals surface area contributed by atoms with E-state index in [2.05, 4.69) is 4.99 Å². The van der Waals surface area contributed by atoms with Crippen LogP contribution in [0.25, 0.3) is 6.08 Å². The Morgan fingerprint density at radius 1 is 1.28 bits per heavy atom. The quantitative estimate of drug-likeness (QED) is 0.575. The summed E-state index contributed by atoms with van der Waals surface area (Å²) in [6.45, 7) is 2.94. The summed E-state index contributed by atoms with van der Waals surface area (Å²) < 4.78 is 7.72. The fourth-order valence-corrected chi connectivity index (χ4v) is 3.28.